The van der Waals surface area contributed by atoms with E-state index in [-0.39, 0.29) is 35.5 Å². The van der Waals surface area contributed by atoms with Gasteiger partial charge in [0.15, 0.2) is 0 Å². The molecule has 0 radical (unpaired) electrons. The summed E-state index contributed by atoms with van der Waals surface area (Å²) in [4.78, 5) is 21.9. The lowest BCUT2D eigenvalue weighted by Gasteiger charge is -2.16. The van der Waals surface area contributed by atoms with Crippen LogP contribution in [0.3, 0.4) is 0 Å². The third kappa shape index (κ3) is 6.09. The van der Waals surface area contributed by atoms with Crippen molar-refractivity contribution < 1.29 is 18.1 Å². The van der Waals surface area contributed by atoms with E-state index >= 15 is 0 Å². The maximum atomic E-state index is 12.1. The number of rotatable bonds is 7. The molecule has 1 aliphatic rings. The second-order valence-corrected chi connectivity index (χ2v) is 7.92. The first-order valence-electron chi connectivity index (χ1n) is 8.42. The molecule has 0 atom stereocenters. The molecule has 0 bridgehead atoms. The number of sulfonamides is 1. The Kier molecular flexibility index (Phi) is 6.89. The fraction of sp³-hybridized carbons (Fsp3) is 0.562. The number of non-ortho nitro benzene ring substituents is 1. The second-order valence-electron chi connectivity index (χ2n) is 6.15. The first kappa shape index (κ1) is 19.3. The minimum absolute atomic E-state index is 0.0160. The lowest BCUT2D eigenvalue weighted by atomic mass is 10.1. The van der Waals surface area contributed by atoms with E-state index in [9.17, 15) is 23.3 Å². The first-order valence-corrected chi connectivity index (χ1v) is 9.90. The summed E-state index contributed by atoms with van der Waals surface area (Å²) in [5.41, 5.74) is -0.179. The molecule has 1 fully saturated rings. The molecule has 1 aliphatic carbocycles. The van der Waals surface area contributed by atoms with Gasteiger partial charge in [-0.05, 0) is 25.0 Å². The van der Waals surface area contributed by atoms with Gasteiger partial charge in [0.05, 0.1) is 9.82 Å². The quantitative estimate of drug-likeness (QED) is 0.433. The maximum Gasteiger partial charge on any atom is 0.269 e. The van der Waals surface area contributed by atoms with Gasteiger partial charge in [-0.2, -0.15) is 0 Å². The summed E-state index contributed by atoms with van der Waals surface area (Å²) in [6, 6.07) is 4.79. The molecule has 0 saturated heterocycles. The van der Waals surface area contributed by atoms with Crippen LogP contribution in [0.25, 0.3) is 0 Å². The Bertz CT molecular complexity index is 695. The normalized spacial score (nSPS) is 16.2. The third-order valence-electron chi connectivity index (χ3n) is 4.22. The van der Waals surface area contributed by atoms with Crippen molar-refractivity contribution in [3.05, 3.63) is 34.4 Å². The van der Waals surface area contributed by atoms with Crippen molar-refractivity contribution in [1.82, 2.24) is 10.0 Å². The Labute approximate surface area is 147 Å². The molecule has 1 aromatic carbocycles. The van der Waals surface area contributed by atoms with Crippen LogP contribution in [0.4, 0.5) is 5.69 Å². The second kappa shape index (κ2) is 8.91. The highest BCUT2D eigenvalue weighted by Gasteiger charge is 2.17. The highest BCUT2D eigenvalue weighted by Crippen LogP contribution is 2.17. The van der Waals surface area contributed by atoms with Crippen LogP contribution in [0.2, 0.25) is 0 Å². The van der Waals surface area contributed by atoms with Crippen LogP contribution in [0.15, 0.2) is 29.2 Å². The molecule has 0 unspecified atom stereocenters. The summed E-state index contributed by atoms with van der Waals surface area (Å²) >= 11 is 0. The average Bonchev–Trinajstić information content (AvgIpc) is 2.83. The van der Waals surface area contributed by atoms with Crippen LogP contribution >= 0.6 is 0 Å². The van der Waals surface area contributed by atoms with Crippen molar-refractivity contribution in [2.24, 2.45) is 0 Å². The Morgan fingerprint density at radius 2 is 1.72 bits per heavy atom. The molecule has 138 valence electrons. The lowest BCUT2D eigenvalue weighted by Crippen LogP contribution is -2.36. The summed E-state index contributed by atoms with van der Waals surface area (Å²) in [6.45, 7) is -0.0160. The SMILES string of the molecule is O=C(CCNS(=O)(=O)c1ccc([N+](=O)[O-])cc1)NC1CCCCCC1. The fourth-order valence-electron chi connectivity index (χ4n) is 2.85. The zero-order valence-electron chi connectivity index (χ0n) is 13.9. The van der Waals surface area contributed by atoms with Crippen molar-refractivity contribution in [3.63, 3.8) is 0 Å². The zero-order valence-corrected chi connectivity index (χ0v) is 14.8. The van der Waals surface area contributed by atoms with Crippen LogP contribution < -0.4 is 10.0 Å². The van der Waals surface area contributed by atoms with Gasteiger partial charge in [0.2, 0.25) is 15.9 Å². The highest BCUT2D eigenvalue weighted by molar-refractivity contribution is 7.89. The van der Waals surface area contributed by atoms with Gasteiger partial charge < -0.3 is 5.32 Å². The van der Waals surface area contributed by atoms with Gasteiger partial charge in [-0.25, -0.2) is 13.1 Å². The molecule has 1 amide bonds. The van der Waals surface area contributed by atoms with Gasteiger partial charge in [-0.1, -0.05) is 25.7 Å². The molecular weight excluding hydrogens is 346 g/mol. The lowest BCUT2D eigenvalue weighted by molar-refractivity contribution is -0.384. The Morgan fingerprint density at radius 1 is 1.12 bits per heavy atom. The van der Waals surface area contributed by atoms with Crippen molar-refractivity contribution in [1.29, 1.82) is 0 Å². The summed E-state index contributed by atoms with van der Waals surface area (Å²) < 4.78 is 26.6. The van der Waals surface area contributed by atoms with Crippen LogP contribution in [0, 0.1) is 10.1 Å². The van der Waals surface area contributed by atoms with E-state index in [1.807, 2.05) is 0 Å². The number of hydrogen-bond acceptors (Lipinski definition) is 5. The van der Waals surface area contributed by atoms with E-state index < -0.39 is 14.9 Å². The summed E-state index contributed by atoms with van der Waals surface area (Å²) in [7, 11) is -3.79. The van der Waals surface area contributed by atoms with Gasteiger partial charge in [-0.3, -0.25) is 14.9 Å². The number of carbonyl (C=O) groups is 1. The van der Waals surface area contributed by atoms with Gasteiger partial charge in [0, 0.05) is 31.1 Å². The minimum atomic E-state index is -3.79. The molecule has 1 saturated carbocycles. The molecule has 1 aromatic rings. The summed E-state index contributed by atoms with van der Waals surface area (Å²) in [5.74, 6) is -0.168. The van der Waals surface area contributed by atoms with E-state index in [4.69, 9.17) is 0 Å². The summed E-state index contributed by atoms with van der Waals surface area (Å²) in [5, 5.41) is 13.5. The molecule has 9 heteroatoms. The van der Waals surface area contributed by atoms with Crippen molar-refractivity contribution >= 4 is 21.6 Å². The highest BCUT2D eigenvalue weighted by atomic mass is 32.2. The van der Waals surface area contributed by atoms with E-state index in [0.29, 0.717) is 0 Å². The predicted molar refractivity (Wildman–Crippen MR) is 92.5 cm³/mol. The van der Waals surface area contributed by atoms with Gasteiger partial charge in [0.25, 0.3) is 5.69 Å². The zero-order chi connectivity index (χ0) is 18.3. The molecule has 0 heterocycles. The number of carbonyl (C=O) groups excluding carboxylic acids is 1. The van der Waals surface area contributed by atoms with Crippen molar-refractivity contribution in [2.45, 2.75) is 55.9 Å². The van der Waals surface area contributed by atoms with E-state index in [0.717, 1.165) is 37.8 Å². The number of benzene rings is 1. The fourth-order valence-corrected chi connectivity index (χ4v) is 3.88. The molecular formula is C16H23N3O5S. The molecule has 0 aliphatic heterocycles. The number of hydrogen-bond donors (Lipinski definition) is 2. The van der Waals surface area contributed by atoms with E-state index in [2.05, 4.69) is 10.0 Å². The standard InChI is InChI=1S/C16H23N3O5S/c20-16(18-13-5-3-1-2-4-6-13)11-12-17-25(23,24)15-9-7-14(8-10-15)19(21)22/h7-10,13,17H,1-6,11-12H2,(H,18,20). The molecule has 0 spiro atoms. The van der Waals surface area contributed by atoms with Crippen LogP contribution in [-0.4, -0.2) is 31.8 Å². The first-order chi connectivity index (χ1) is 11.9. The third-order valence-corrected chi connectivity index (χ3v) is 5.70. The summed E-state index contributed by atoms with van der Waals surface area (Å²) in [6.07, 6.45) is 6.61. The number of amides is 1. The van der Waals surface area contributed by atoms with Crippen LogP contribution in [-0.2, 0) is 14.8 Å². The smallest absolute Gasteiger partial charge is 0.269 e. The number of nitro groups is 1. The number of nitro benzene ring substituents is 1. The largest absolute Gasteiger partial charge is 0.353 e. The topological polar surface area (TPSA) is 118 Å². The number of nitrogens with zero attached hydrogens (tertiary/aromatic N) is 1. The van der Waals surface area contributed by atoms with Gasteiger partial charge >= 0.3 is 0 Å². The monoisotopic (exact) mass is 369 g/mol. The molecule has 8 nitrogen and oxygen atoms in total. The van der Waals surface area contributed by atoms with Crippen molar-refractivity contribution in [3.8, 4) is 0 Å². The molecule has 25 heavy (non-hydrogen) atoms. The average molecular weight is 369 g/mol. The van der Waals surface area contributed by atoms with Gasteiger partial charge in [0.1, 0.15) is 0 Å². The van der Waals surface area contributed by atoms with E-state index in [1.165, 1.54) is 25.0 Å². The Hall–Kier alpha value is -2.00. The molecule has 2 rings (SSSR count). The van der Waals surface area contributed by atoms with Crippen LogP contribution in [0.5, 0.6) is 0 Å². The van der Waals surface area contributed by atoms with Gasteiger partial charge in [-0.15, -0.1) is 0 Å². The Morgan fingerprint density at radius 3 is 2.28 bits per heavy atom. The van der Waals surface area contributed by atoms with Crippen molar-refractivity contribution in [2.75, 3.05) is 6.54 Å². The predicted octanol–water partition coefficient (Wildman–Crippen LogP) is 2.10. The maximum absolute atomic E-state index is 12.1. The Balaban J connectivity index is 1.80. The number of nitrogens with one attached hydrogen (secondary N) is 2. The van der Waals surface area contributed by atoms with Crippen LogP contribution in [0.1, 0.15) is 44.9 Å². The van der Waals surface area contributed by atoms with E-state index in [1.54, 1.807) is 0 Å². The molecule has 2 N–H and O–H groups in total. The minimum Gasteiger partial charge on any atom is -0.353 e. The molecule has 0 aromatic heterocycles.